The van der Waals surface area contributed by atoms with E-state index in [0.717, 1.165) is 0 Å². The number of alkyl halides is 6. The Kier molecular flexibility index (Phi) is 12.6. The molecule has 304 valence electrons. The number of benzene rings is 2. The zero-order chi connectivity index (χ0) is 40.7. The van der Waals surface area contributed by atoms with Crippen molar-refractivity contribution < 1.29 is 41.0 Å². The fourth-order valence-corrected chi connectivity index (χ4v) is 7.65. The van der Waals surface area contributed by atoms with Crippen molar-refractivity contribution in [3.63, 3.8) is 0 Å². The number of hydrogen-bond acceptors (Lipinski definition) is 6. The van der Waals surface area contributed by atoms with Crippen LogP contribution < -0.4 is 20.9 Å². The molecule has 1 saturated carbocycles. The van der Waals surface area contributed by atoms with E-state index in [9.17, 15) is 41.0 Å². The lowest BCUT2D eigenvalue weighted by Gasteiger charge is -2.35. The summed E-state index contributed by atoms with van der Waals surface area (Å²) >= 11 is 13.5. The van der Waals surface area contributed by atoms with Crippen LogP contribution in [0.25, 0.3) is 11.0 Å². The molecule has 2 aromatic carbocycles. The summed E-state index contributed by atoms with van der Waals surface area (Å²) in [5.74, 6) is -3.54. The number of fused-ring (bicyclic) bond motifs is 1. The van der Waals surface area contributed by atoms with Crippen molar-refractivity contribution in [3.05, 3.63) is 45.4 Å². The Labute approximate surface area is 326 Å². The van der Waals surface area contributed by atoms with Gasteiger partial charge >= 0.3 is 12.4 Å². The number of hydrogen-bond donors (Lipinski definition) is 4. The Hall–Kier alpha value is -3.43. The minimum Gasteiger partial charge on any atom is -0.389 e. The summed E-state index contributed by atoms with van der Waals surface area (Å²) in [6.07, 6.45) is -8.41. The van der Waals surface area contributed by atoms with Crippen LogP contribution in [0, 0.1) is 23.2 Å². The zero-order valence-corrected chi connectivity index (χ0v) is 33.0. The van der Waals surface area contributed by atoms with Crippen LogP contribution >= 0.6 is 23.2 Å². The molecule has 9 nitrogen and oxygen atoms in total. The smallest absolute Gasteiger partial charge is 0.389 e. The fraction of sp³-hybridized carbons (Fsp3) is 0.605. The molecule has 1 aliphatic heterocycles. The van der Waals surface area contributed by atoms with E-state index in [1.165, 1.54) is 6.07 Å². The maximum atomic E-state index is 13.9. The molecule has 5 rings (SSSR count). The first-order valence-electron chi connectivity index (χ1n) is 18.4. The zero-order valence-electron chi connectivity index (χ0n) is 31.4. The SMILES string of the molecule is CC(C)(O)Cn1c(Nc2c(Cl)ccc(CNC(=O)C(C)(C)C)c2Cl)nc2cc(C(=O)NCC3CCC(C(F)(F)F)CC3)c(N3CCC(C(F)(F)F)CC3)cc21. The van der Waals surface area contributed by atoms with Gasteiger partial charge in [0.05, 0.1) is 62.0 Å². The molecule has 2 fully saturated rings. The molecule has 17 heteroatoms. The Morgan fingerprint density at radius 3 is 2.04 bits per heavy atom. The van der Waals surface area contributed by atoms with Crippen molar-refractivity contribution in [2.24, 2.45) is 23.2 Å². The molecule has 4 N–H and O–H groups in total. The third kappa shape index (κ3) is 10.5. The van der Waals surface area contributed by atoms with Gasteiger partial charge in [-0.15, -0.1) is 0 Å². The molecule has 0 spiro atoms. The van der Waals surface area contributed by atoms with Gasteiger partial charge in [0, 0.05) is 31.6 Å². The first-order valence-corrected chi connectivity index (χ1v) is 19.1. The van der Waals surface area contributed by atoms with Crippen molar-refractivity contribution >= 4 is 63.4 Å². The molecule has 1 aromatic heterocycles. The van der Waals surface area contributed by atoms with E-state index < -0.39 is 41.1 Å². The van der Waals surface area contributed by atoms with Crippen LogP contribution in [0.1, 0.15) is 89.1 Å². The topological polar surface area (TPSA) is 112 Å². The predicted molar refractivity (Wildman–Crippen MR) is 202 cm³/mol. The molecule has 55 heavy (non-hydrogen) atoms. The van der Waals surface area contributed by atoms with Crippen molar-refractivity contribution in [1.82, 2.24) is 20.2 Å². The molecular formula is C38H48Cl2F6N6O3. The molecule has 3 aromatic rings. The number of carbonyl (C=O) groups is 2. The Morgan fingerprint density at radius 1 is 0.873 bits per heavy atom. The molecule has 0 bridgehead atoms. The molecule has 0 unspecified atom stereocenters. The van der Waals surface area contributed by atoms with Crippen molar-refractivity contribution in [2.45, 2.75) is 104 Å². The highest BCUT2D eigenvalue weighted by Crippen LogP contribution is 2.41. The van der Waals surface area contributed by atoms with E-state index in [1.807, 2.05) is 0 Å². The lowest BCUT2D eigenvalue weighted by atomic mass is 9.81. The molecule has 0 radical (unpaired) electrons. The number of aliphatic hydroxyl groups is 1. The summed E-state index contributed by atoms with van der Waals surface area (Å²) in [5, 5.41) is 20.3. The van der Waals surface area contributed by atoms with Gasteiger partial charge in [0.25, 0.3) is 5.91 Å². The number of aromatic nitrogens is 2. The van der Waals surface area contributed by atoms with E-state index >= 15 is 0 Å². The lowest BCUT2D eigenvalue weighted by molar-refractivity contribution is -0.183. The van der Waals surface area contributed by atoms with E-state index in [1.54, 1.807) is 62.3 Å². The summed E-state index contributed by atoms with van der Waals surface area (Å²) < 4.78 is 82.3. The van der Waals surface area contributed by atoms with Gasteiger partial charge in [0.2, 0.25) is 11.9 Å². The number of nitrogens with one attached hydrogen (secondary N) is 3. The summed E-state index contributed by atoms with van der Waals surface area (Å²) in [6, 6.07) is 6.49. The number of amides is 2. The Bertz CT molecular complexity index is 1870. The second-order valence-electron chi connectivity index (χ2n) is 16.4. The normalized spacial score (nSPS) is 19.1. The highest BCUT2D eigenvalue weighted by molar-refractivity contribution is 6.39. The van der Waals surface area contributed by atoms with Crippen molar-refractivity contribution in [2.75, 3.05) is 29.9 Å². The van der Waals surface area contributed by atoms with Gasteiger partial charge < -0.3 is 30.5 Å². The van der Waals surface area contributed by atoms with Gasteiger partial charge in [-0.05, 0) is 82.1 Å². The maximum absolute atomic E-state index is 13.9. The van der Waals surface area contributed by atoms with Crippen LogP contribution in [-0.4, -0.2) is 64.1 Å². The first-order chi connectivity index (χ1) is 25.4. The van der Waals surface area contributed by atoms with Crippen LogP contribution in [0.5, 0.6) is 0 Å². The van der Waals surface area contributed by atoms with Gasteiger partial charge in [-0.3, -0.25) is 9.59 Å². The summed E-state index contributed by atoms with van der Waals surface area (Å²) in [7, 11) is 0. The number of piperidine rings is 1. The molecule has 0 atom stereocenters. The monoisotopic (exact) mass is 820 g/mol. The largest absolute Gasteiger partial charge is 0.391 e. The second-order valence-corrected chi connectivity index (χ2v) is 17.2. The van der Waals surface area contributed by atoms with Crippen LogP contribution in [0.15, 0.2) is 24.3 Å². The predicted octanol–water partition coefficient (Wildman–Crippen LogP) is 9.40. The number of nitrogens with zero attached hydrogens (tertiary/aromatic N) is 3. The highest BCUT2D eigenvalue weighted by atomic mass is 35.5. The van der Waals surface area contributed by atoms with Crippen molar-refractivity contribution in [1.29, 1.82) is 0 Å². The van der Waals surface area contributed by atoms with E-state index in [-0.39, 0.29) is 97.5 Å². The molecule has 1 aliphatic carbocycles. The standard InChI is InChI=1S/C38H48Cl2F6N6O3/c1-35(2,3)33(54)48-19-22-8-11-26(39)31(30(22)40)50-34-49-27-16-25(32(53)47-18-21-6-9-23(10-7-21)37(41,42)43)28(17-29(27)52(34)20-36(4,5)55)51-14-12-24(13-15-51)38(44,45)46/h8,11,16-17,21,23-24,55H,6-7,9-10,12-15,18-20H2,1-5H3,(H,47,53)(H,48,54)(H,49,50). The Morgan fingerprint density at radius 2 is 1.47 bits per heavy atom. The van der Waals surface area contributed by atoms with Gasteiger partial charge in [-0.1, -0.05) is 50.0 Å². The van der Waals surface area contributed by atoms with E-state index in [4.69, 9.17) is 28.2 Å². The highest BCUT2D eigenvalue weighted by Gasteiger charge is 2.43. The van der Waals surface area contributed by atoms with Crippen LogP contribution in [0.3, 0.4) is 0 Å². The average molecular weight is 822 g/mol. The number of anilines is 3. The van der Waals surface area contributed by atoms with Crippen molar-refractivity contribution in [3.8, 4) is 0 Å². The molecular weight excluding hydrogens is 773 g/mol. The average Bonchev–Trinajstić information content (AvgIpc) is 3.41. The molecule has 2 amide bonds. The van der Waals surface area contributed by atoms with Crippen LogP contribution in [0.4, 0.5) is 43.7 Å². The molecule has 2 aliphatic rings. The van der Waals surface area contributed by atoms with Crippen LogP contribution in [0.2, 0.25) is 10.0 Å². The van der Waals surface area contributed by atoms with E-state index in [0.29, 0.717) is 35.1 Å². The number of carbonyl (C=O) groups excluding carboxylic acids is 2. The third-order valence-electron chi connectivity index (χ3n) is 10.3. The molecule has 1 saturated heterocycles. The lowest BCUT2D eigenvalue weighted by Crippen LogP contribution is -2.40. The quantitative estimate of drug-likeness (QED) is 0.152. The second kappa shape index (κ2) is 16.2. The minimum absolute atomic E-state index is 0.00979. The van der Waals surface area contributed by atoms with Gasteiger partial charge in [0.1, 0.15) is 0 Å². The summed E-state index contributed by atoms with van der Waals surface area (Å²) in [5.41, 5.74) is 0.191. The van der Waals surface area contributed by atoms with Crippen LogP contribution in [-0.2, 0) is 17.9 Å². The third-order valence-corrected chi connectivity index (χ3v) is 11.1. The number of rotatable bonds is 10. The summed E-state index contributed by atoms with van der Waals surface area (Å²) in [6.45, 7) is 8.80. The first kappa shape index (κ1) is 42.7. The van der Waals surface area contributed by atoms with Gasteiger partial charge in [-0.2, -0.15) is 26.3 Å². The van der Waals surface area contributed by atoms with Gasteiger partial charge in [0.15, 0.2) is 0 Å². The minimum atomic E-state index is -4.36. The van der Waals surface area contributed by atoms with E-state index in [2.05, 4.69) is 16.0 Å². The molecule has 2 heterocycles. The maximum Gasteiger partial charge on any atom is 0.391 e. The fourth-order valence-electron chi connectivity index (χ4n) is 7.12. The van der Waals surface area contributed by atoms with Gasteiger partial charge in [-0.25, -0.2) is 4.98 Å². The Balaban J connectivity index is 1.51. The summed E-state index contributed by atoms with van der Waals surface area (Å²) in [4.78, 5) is 32.9. The number of imidazole rings is 1. The number of halogens is 8.